The summed E-state index contributed by atoms with van der Waals surface area (Å²) >= 11 is 0. The van der Waals surface area contributed by atoms with Gasteiger partial charge in [-0.2, -0.15) is 0 Å². The lowest BCUT2D eigenvalue weighted by molar-refractivity contribution is -0.124. The van der Waals surface area contributed by atoms with Gasteiger partial charge in [0.2, 0.25) is 0 Å². The minimum atomic E-state index is 0.103. The van der Waals surface area contributed by atoms with E-state index >= 15 is 0 Å². The Morgan fingerprint density at radius 3 is 2.69 bits per heavy atom. The van der Waals surface area contributed by atoms with Gasteiger partial charge in [-0.25, -0.2) is 0 Å². The molecule has 0 aromatic heterocycles. The molecule has 0 unspecified atom stereocenters. The molecule has 0 saturated heterocycles. The Kier molecular flexibility index (Phi) is 2.06. The van der Waals surface area contributed by atoms with Crippen LogP contribution in [0, 0.1) is 5.92 Å². The average molecular weight is 178 g/mol. The van der Waals surface area contributed by atoms with Gasteiger partial charge in [-0.1, -0.05) is 5.57 Å². The Bertz CT molecular complexity index is 299. The van der Waals surface area contributed by atoms with Crippen LogP contribution in [-0.2, 0) is 9.59 Å². The fourth-order valence-corrected chi connectivity index (χ4v) is 2.42. The molecule has 1 saturated carbocycles. The summed E-state index contributed by atoms with van der Waals surface area (Å²) in [5.74, 6) is 0.709. The van der Waals surface area contributed by atoms with Crippen LogP contribution in [0.2, 0.25) is 0 Å². The quantitative estimate of drug-likeness (QED) is 0.568. The maximum Gasteiger partial charge on any atom is 0.158 e. The first-order chi connectivity index (χ1) is 6.20. The van der Waals surface area contributed by atoms with Crippen LogP contribution >= 0.6 is 0 Å². The fourth-order valence-electron chi connectivity index (χ4n) is 2.42. The van der Waals surface area contributed by atoms with Crippen LogP contribution in [0.1, 0.15) is 39.0 Å². The molecule has 0 radical (unpaired) electrons. The van der Waals surface area contributed by atoms with Crippen molar-refractivity contribution < 1.29 is 9.59 Å². The second-order valence-corrected chi connectivity index (χ2v) is 3.98. The summed E-state index contributed by atoms with van der Waals surface area (Å²) in [5.41, 5.74) is 2.02. The highest BCUT2D eigenvalue weighted by Crippen LogP contribution is 2.36. The molecule has 0 bridgehead atoms. The SMILES string of the molecule is CC1=C2CCCC(=O)[C@H]2CCC1=O. The molecule has 0 aromatic rings. The second kappa shape index (κ2) is 3.09. The zero-order valence-corrected chi connectivity index (χ0v) is 7.93. The van der Waals surface area contributed by atoms with Crippen molar-refractivity contribution in [2.75, 3.05) is 0 Å². The number of Topliss-reactive ketones (excluding diaryl/α,β-unsaturated/α-hetero) is 2. The normalized spacial score (nSPS) is 29.2. The zero-order chi connectivity index (χ0) is 9.42. The highest BCUT2D eigenvalue weighted by molar-refractivity contribution is 5.99. The summed E-state index contributed by atoms with van der Waals surface area (Å²) in [7, 11) is 0. The van der Waals surface area contributed by atoms with E-state index in [1.54, 1.807) is 0 Å². The summed E-state index contributed by atoms with van der Waals surface area (Å²) in [6.07, 6.45) is 3.97. The molecule has 0 heterocycles. The Hall–Kier alpha value is -0.920. The molecule has 0 N–H and O–H groups in total. The Labute approximate surface area is 78.0 Å². The van der Waals surface area contributed by atoms with Crippen molar-refractivity contribution in [1.29, 1.82) is 0 Å². The largest absolute Gasteiger partial charge is 0.299 e. The van der Waals surface area contributed by atoms with Crippen molar-refractivity contribution in [2.24, 2.45) is 5.92 Å². The van der Waals surface area contributed by atoms with E-state index in [-0.39, 0.29) is 11.7 Å². The lowest BCUT2D eigenvalue weighted by Gasteiger charge is -2.29. The van der Waals surface area contributed by atoms with Crippen LogP contribution in [0.25, 0.3) is 0 Å². The van der Waals surface area contributed by atoms with Crippen molar-refractivity contribution in [3.05, 3.63) is 11.1 Å². The van der Waals surface area contributed by atoms with Gasteiger partial charge in [0.05, 0.1) is 0 Å². The van der Waals surface area contributed by atoms with E-state index in [0.29, 0.717) is 12.2 Å². The van der Waals surface area contributed by atoms with Gasteiger partial charge in [-0.3, -0.25) is 9.59 Å². The van der Waals surface area contributed by atoms with E-state index in [1.807, 2.05) is 6.92 Å². The number of rotatable bonds is 0. The van der Waals surface area contributed by atoms with Crippen LogP contribution in [-0.4, -0.2) is 11.6 Å². The number of hydrogen-bond donors (Lipinski definition) is 0. The van der Waals surface area contributed by atoms with Crippen LogP contribution in [0.5, 0.6) is 0 Å². The number of allylic oxidation sites excluding steroid dienone is 2. The van der Waals surface area contributed by atoms with Gasteiger partial charge in [0.1, 0.15) is 5.78 Å². The fraction of sp³-hybridized carbons (Fsp3) is 0.636. The Morgan fingerprint density at radius 2 is 1.92 bits per heavy atom. The molecular weight excluding hydrogens is 164 g/mol. The summed E-state index contributed by atoms with van der Waals surface area (Å²) in [6, 6.07) is 0. The van der Waals surface area contributed by atoms with Gasteiger partial charge in [-0.15, -0.1) is 0 Å². The molecule has 2 aliphatic rings. The third-order valence-corrected chi connectivity index (χ3v) is 3.24. The molecule has 0 aliphatic heterocycles. The van der Waals surface area contributed by atoms with Crippen molar-refractivity contribution in [3.63, 3.8) is 0 Å². The molecule has 2 rings (SSSR count). The van der Waals surface area contributed by atoms with Crippen LogP contribution in [0.3, 0.4) is 0 Å². The molecule has 1 atom stereocenters. The van der Waals surface area contributed by atoms with E-state index in [4.69, 9.17) is 0 Å². The zero-order valence-electron chi connectivity index (χ0n) is 7.93. The molecule has 2 aliphatic carbocycles. The van der Waals surface area contributed by atoms with Gasteiger partial charge < -0.3 is 0 Å². The molecule has 0 spiro atoms. The van der Waals surface area contributed by atoms with Gasteiger partial charge in [0, 0.05) is 18.8 Å². The molecule has 70 valence electrons. The third kappa shape index (κ3) is 1.34. The molecule has 2 nitrogen and oxygen atoms in total. The minimum Gasteiger partial charge on any atom is -0.299 e. The lowest BCUT2D eigenvalue weighted by Crippen LogP contribution is -2.28. The minimum absolute atomic E-state index is 0.103. The van der Waals surface area contributed by atoms with E-state index in [1.165, 1.54) is 0 Å². The van der Waals surface area contributed by atoms with E-state index < -0.39 is 0 Å². The first-order valence-corrected chi connectivity index (χ1v) is 4.95. The van der Waals surface area contributed by atoms with Gasteiger partial charge in [0.15, 0.2) is 5.78 Å². The first kappa shape index (κ1) is 8.67. The second-order valence-electron chi connectivity index (χ2n) is 3.98. The van der Waals surface area contributed by atoms with Gasteiger partial charge >= 0.3 is 0 Å². The summed E-state index contributed by atoms with van der Waals surface area (Å²) in [4.78, 5) is 22.9. The Morgan fingerprint density at radius 1 is 1.15 bits per heavy atom. The van der Waals surface area contributed by atoms with E-state index in [0.717, 1.165) is 36.8 Å². The van der Waals surface area contributed by atoms with Crippen LogP contribution < -0.4 is 0 Å². The standard InChI is InChI=1S/C11H14O2/c1-7-8-3-2-4-11(13)9(8)5-6-10(7)12/h9H,2-6H2,1H3/t9-/m0/s1. The van der Waals surface area contributed by atoms with Crippen molar-refractivity contribution in [2.45, 2.75) is 39.0 Å². The molecule has 0 aromatic carbocycles. The monoisotopic (exact) mass is 178 g/mol. The Balaban J connectivity index is 2.37. The maximum atomic E-state index is 11.5. The highest BCUT2D eigenvalue weighted by atomic mass is 16.1. The molecule has 0 amide bonds. The van der Waals surface area contributed by atoms with Gasteiger partial charge in [0.25, 0.3) is 0 Å². The average Bonchev–Trinajstić information content (AvgIpc) is 2.12. The van der Waals surface area contributed by atoms with Crippen molar-refractivity contribution in [1.82, 2.24) is 0 Å². The smallest absolute Gasteiger partial charge is 0.158 e. The lowest BCUT2D eigenvalue weighted by atomic mass is 9.74. The topological polar surface area (TPSA) is 34.1 Å². The maximum absolute atomic E-state index is 11.5. The molecule has 1 fully saturated rings. The number of carbonyl (C=O) groups is 2. The summed E-state index contributed by atoms with van der Waals surface area (Å²) < 4.78 is 0. The predicted octanol–water partition coefficient (Wildman–Crippen LogP) is 2.04. The molecular formula is C11H14O2. The first-order valence-electron chi connectivity index (χ1n) is 4.95. The van der Waals surface area contributed by atoms with Crippen LogP contribution in [0.15, 0.2) is 11.1 Å². The van der Waals surface area contributed by atoms with Gasteiger partial charge in [-0.05, 0) is 31.8 Å². The summed E-state index contributed by atoms with van der Waals surface area (Å²) in [5, 5.41) is 0. The number of ketones is 2. The van der Waals surface area contributed by atoms with Crippen molar-refractivity contribution in [3.8, 4) is 0 Å². The predicted molar refractivity (Wildman–Crippen MR) is 49.3 cm³/mol. The molecule has 13 heavy (non-hydrogen) atoms. The number of hydrogen-bond acceptors (Lipinski definition) is 2. The third-order valence-electron chi connectivity index (χ3n) is 3.24. The van der Waals surface area contributed by atoms with Crippen molar-refractivity contribution >= 4 is 11.6 Å². The highest BCUT2D eigenvalue weighted by Gasteiger charge is 2.32. The van der Waals surface area contributed by atoms with E-state index in [9.17, 15) is 9.59 Å². The summed E-state index contributed by atoms with van der Waals surface area (Å²) in [6.45, 7) is 1.88. The number of carbonyl (C=O) groups excluding carboxylic acids is 2. The molecule has 2 heteroatoms. The van der Waals surface area contributed by atoms with E-state index in [2.05, 4.69) is 0 Å². The number of fused-ring (bicyclic) bond motifs is 1. The van der Waals surface area contributed by atoms with Crippen LogP contribution in [0.4, 0.5) is 0 Å².